The number of sulfonamides is 1. The molecule has 1 saturated heterocycles. The van der Waals surface area contributed by atoms with E-state index in [9.17, 15) is 17.6 Å². The SMILES string of the molecule is CC1CCc2[nH]c3ccc(C(=O)N4CCCN(S(=O)(=O)c5ccc(F)cc5)CC4)cc3c2C1. The first-order chi connectivity index (χ1) is 15.8. The molecule has 0 radical (unpaired) electrons. The maximum absolute atomic E-state index is 13.3. The van der Waals surface area contributed by atoms with Crippen molar-refractivity contribution in [1.29, 1.82) is 0 Å². The average Bonchev–Trinajstić information content (AvgIpc) is 2.98. The van der Waals surface area contributed by atoms with Gasteiger partial charge in [0.1, 0.15) is 5.82 Å². The Labute approximate surface area is 193 Å². The van der Waals surface area contributed by atoms with Crippen molar-refractivity contribution in [2.24, 2.45) is 5.92 Å². The third-order valence-corrected chi connectivity index (χ3v) is 8.79. The van der Waals surface area contributed by atoms with E-state index in [0.717, 1.165) is 35.9 Å². The molecule has 8 heteroatoms. The molecule has 1 fully saturated rings. The first-order valence-electron chi connectivity index (χ1n) is 11.5. The van der Waals surface area contributed by atoms with Gasteiger partial charge in [-0.2, -0.15) is 4.31 Å². The zero-order valence-electron chi connectivity index (χ0n) is 18.7. The molecule has 2 aliphatic rings. The van der Waals surface area contributed by atoms with Gasteiger partial charge in [-0.1, -0.05) is 6.92 Å². The Hall–Kier alpha value is -2.71. The predicted octanol–water partition coefficient (Wildman–Crippen LogP) is 3.97. The van der Waals surface area contributed by atoms with E-state index in [1.165, 1.54) is 34.1 Å². The summed E-state index contributed by atoms with van der Waals surface area (Å²) in [5.41, 5.74) is 4.31. The van der Waals surface area contributed by atoms with E-state index in [2.05, 4.69) is 11.9 Å². The van der Waals surface area contributed by atoms with Gasteiger partial charge in [0.05, 0.1) is 4.90 Å². The van der Waals surface area contributed by atoms with Gasteiger partial charge in [-0.25, -0.2) is 12.8 Å². The van der Waals surface area contributed by atoms with Crippen LogP contribution in [0.3, 0.4) is 0 Å². The normalized spacial score (nSPS) is 19.9. The van der Waals surface area contributed by atoms with E-state index in [4.69, 9.17) is 0 Å². The molecule has 1 atom stereocenters. The molecule has 1 aromatic heterocycles. The van der Waals surface area contributed by atoms with E-state index in [1.54, 1.807) is 4.90 Å². The zero-order valence-corrected chi connectivity index (χ0v) is 19.5. The summed E-state index contributed by atoms with van der Waals surface area (Å²) in [6.07, 6.45) is 3.79. The molecule has 33 heavy (non-hydrogen) atoms. The number of halogens is 1. The number of fused-ring (bicyclic) bond motifs is 3. The third kappa shape index (κ3) is 4.17. The number of rotatable bonds is 3. The Kier molecular flexibility index (Phi) is 5.74. The molecular formula is C25H28FN3O3S. The second kappa shape index (κ2) is 8.57. The average molecular weight is 470 g/mol. The summed E-state index contributed by atoms with van der Waals surface area (Å²) in [7, 11) is -3.73. The number of amides is 1. The lowest BCUT2D eigenvalue weighted by Gasteiger charge is -2.22. The van der Waals surface area contributed by atoms with Crippen LogP contribution in [-0.4, -0.2) is 54.7 Å². The lowest BCUT2D eigenvalue weighted by molar-refractivity contribution is 0.0764. The van der Waals surface area contributed by atoms with Crippen LogP contribution >= 0.6 is 0 Å². The van der Waals surface area contributed by atoms with Crippen LogP contribution in [0.1, 0.15) is 41.4 Å². The first kappa shape index (κ1) is 22.1. The van der Waals surface area contributed by atoms with Crippen molar-refractivity contribution >= 4 is 26.8 Å². The van der Waals surface area contributed by atoms with Crippen LogP contribution in [0.15, 0.2) is 47.4 Å². The van der Waals surface area contributed by atoms with E-state index in [1.807, 2.05) is 18.2 Å². The van der Waals surface area contributed by atoms with Gasteiger partial charge < -0.3 is 9.88 Å². The van der Waals surface area contributed by atoms with Gasteiger partial charge in [0.25, 0.3) is 5.91 Å². The number of carbonyl (C=O) groups is 1. The minimum atomic E-state index is -3.73. The molecular weight excluding hydrogens is 441 g/mol. The number of aromatic nitrogens is 1. The van der Waals surface area contributed by atoms with Crippen LogP contribution in [0.2, 0.25) is 0 Å². The summed E-state index contributed by atoms with van der Waals surface area (Å²) in [5, 5.41) is 1.12. The summed E-state index contributed by atoms with van der Waals surface area (Å²) in [6, 6.07) is 10.7. The Morgan fingerprint density at radius 1 is 1.06 bits per heavy atom. The highest BCUT2D eigenvalue weighted by atomic mass is 32.2. The molecule has 1 aliphatic carbocycles. The fourth-order valence-corrected chi connectivity index (χ4v) is 6.47. The van der Waals surface area contributed by atoms with Crippen LogP contribution in [0.25, 0.3) is 10.9 Å². The Morgan fingerprint density at radius 2 is 1.85 bits per heavy atom. The number of benzene rings is 2. The van der Waals surface area contributed by atoms with Crippen LogP contribution < -0.4 is 0 Å². The maximum atomic E-state index is 13.3. The van der Waals surface area contributed by atoms with E-state index >= 15 is 0 Å². The standard InChI is InChI=1S/C25H28FN3O3S/c1-17-3-9-23-21(15-17)22-16-18(4-10-24(22)27-23)25(30)28-11-2-12-29(14-13-28)33(31,32)20-7-5-19(26)6-8-20/h4-8,10,16-17,27H,2-3,9,11-15H2,1H3. The van der Waals surface area contributed by atoms with Crippen LogP contribution in [0.5, 0.6) is 0 Å². The molecule has 6 nitrogen and oxygen atoms in total. The number of hydrogen-bond donors (Lipinski definition) is 1. The summed E-state index contributed by atoms with van der Waals surface area (Å²) in [6.45, 7) is 3.62. The highest BCUT2D eigenvalue weighted by molar-refractivity contribution is 7.89. The second-order valence-electron chi connectivity index (χ2n) is 9.19. The zero-order chi connectivity index (χ0) is 23.2. The summed E-state index contributed by atoms with van der Waals surface area (Å²) >= 11 is 0. The summed E-state index contributed by atoms with van der Waals surface area (Å²) < 4.78 is 40.6. The number of H-pyrrole nitrogens is 1. The molecule has 5 rings (SSSR count). The Balaban J connectivity index is 1.34. The molecule has 2 heterocycles. The Morgan fingerprint density at radius 3 is 2.64 bits per heavy atom. The fourth-order valence-electron chi connectivity index (χ4n) is 5.00. The van der Waals surface area contributed by atoms with Gasteiger partial charge in [-0.3, -0.25) is 4.79 Å². The quantitative estimate of drug-likeness (QED) is 0.631. The van der Waals surface area contributed by atoms with Crippen molar-refractivity contribution in [2.45, 2.75) is 37.5 Å². The number of aromatic amines is 1. The lowest BCUT2D eigenvalue weighted by atomic mass is 9.87. The number of aryl methyl sites for hydroxylation is 1. The van der Waals surface area contributed by atoms with Gasteiger partial charge in [0.2, 0.25) is 10.0 Å². The van der Waals surface area contributed by atoms with E-state index < -0.39 is 15.8 Å². The summed E-state index contributed by atoms with van der Waals surface area (Å²) in [5.74, 6) is 0.0870. The number of hydrogen-bond acceptors (Lipinski definition) is 3. The van der Waals surface area contributed by atoms with Crippen LogP contribution in [0.4, 0.5) is 4.39 Å². The first-order valence-corrected chi connectivity index (χ1v) is 13.0. The molecule has 1 N–H and O–H groups in total. The third-order valence-electron chi connectivity index (χ3n) is 6.87. The molecule has 1 aliphatic heterocycles. The van der Waals surface area contributed by atoms with Crippen molar-refractivity contribution in [1.82, 2.24) is 14.2 Å². The molecule has 1 unspecified atom stereocenters. The number of nitrogens with one attached hydrogen (secondary N) is 1. The predicted molar refractivity (Wildman–Crippen MR) is 125 cm³/mol. The van der Waals surface area contributed by atoms with Gasteiger partial charge in [-0.15, -0.1) is 0 Å². The van der Waals surface area contributed by atoms with Crippen LogP contribution in [0, 0.1) is 11.7 Å². The van der Waals surface area contributed by atoms with Crippen molar-refractivity contribution in [3.05, 3.63) is 65.1 Å². The highest BCUT2D eigenvalue weighted by Gasteiger charge is 2.29. The minimum absolute atomic E-state index is 0.0700. The molecule has 2 aromatic carbocycles. The van der Waals surface area contributed by atoms with Gasteiger partial charge >= 0.3 is 0 Å². The highest BCUT2D eigenvalue weighted by Crippen LogP contribution is 2.32. The minimum Gasteiger partial charge on any atom is -0.358 e. The van der Waals surface area contributed by atoms with E-state index in [-0.39, 0.29) is 17.3 Å². The second-order valence-corrected chi connectivity index (χ2v) is 11.1. The largest absolute Gasteiger partial charge is 0.358 e. The Bertz CT molecular complexity index is 1300. The molecule has 0 saturated carbocycles. The van der Waals surface area contributed by atoms with Crippen molar-refractivity contribution in [2.75, 3.05) is 26.2 Å². The van der Waals surface area contributed by atoms with Gasteiger partial charge in [0.15, 0.2) is 0 Å². The van der Waals surface area contributed by atoms with Gasteiger partial charge in [-0.05, 0) is 79.6 Å². The van der Waals surface area contributed by atoms with Gasteiger partial charge in [0, 0.05) is 48.3 Å². The molecule has 3 aromatic rings. The van der Waals surface area contributed by atoms with Crippen molar-refractivity contribution in [3.8, 4) is 0 Å². The molecule has 1 amide bonds. The van der Waals surface area contributed by atoms with Crippen molar-refractivity contribution in [3.63, 3.8) is 0 Å². The lowest BCUT2D eigenvalue weighted by Crippen LogP contribution is -2.37. The smallest absolute Gasteiger partial charge is 0.253 e. The van der Waals surface area contributed by atoms with Crippen LogP contribution in [-0.2, 0) is 22.9 Å². The monoisotopic (exact) mass is 469 g/mol. The molecule has 0 bridgehead atoms. The molecule has 0 spiro atoms. The maximum Gasteiger partial charge on any atom is 0.253 e. The summed E-state index contributed by atoms with van der Waals surface area (Å²) in [4.78, 5) is 18.6. The number of nitrogens with zero attached hydrogens (tertiary/aromatic N) is 2. The topological polar surface area (TPSA) is 73.5 Å². The molecule has 174 valence electrons. The van der Waals surface area contributed by atoms with Crippen molar-refractivity contribution < 1.29 is 17.6 Å². The number of carbonyl (C=O) groups excluding carboxylic acids is 1. The van der Waals surface area contributed by atoms with E-state index in [0.29, 0.717) is 37.5 Å². The fraction of sp³-hybridized carbons (Fsp3) is 0.400.